The van der Waals surface area contributed by atoms with Crippen molar-refractivity contribution in [2.24, 2.45) is 5.92 Å². The van der Waals surface area contributed by atoms with Crippen LogP contribution in [0.5, 0.6) is 0 Å². The number of nitrogens with zero attached hydrogens (tertiary/aromatic N) is 2. The minimum atomic E-state index is -2.80. The molecule has 3 aliphatic rings. The van der Waals surface area contributed by atoms with Gasteiger partial charge in [0.15, 0.2) is 0 Å². The summed E-state index contributed by atoms with van der Waals surface area (Å²) in [6.07, 6.45) is 3.20. The number of piperidine rings is 1. The highest BCUT2D eigenvalue weighted by Gasteiger charge is 2.44. The lowest BCUT2D eigenvalue weighted by molar-refractivity contribution is -0.141. The van der Waals surface area contributed by atoms with Gasteiger partial charge < -0.3 is 9.80 Å². The quantitative estimate of drug-likeness (QED) is 0.822. The molecule has 0 aromatic carbocycles. The van der Waals surface area contributed by atoms with Crippen LogP contribution >= 0.6 is 0 Å². The molecular formula is C15H23F2N3O2. The van der Waals surface area contributed by atoms with Crippen molar-refractivity contribution in [1.82, 2.24) is 15.1 Å². The second-order valence-corrected chi connectivity index (χ2v) is 6.65. The second-order valence-electron chi connectivity index (χ2n) is 6.65. The molecule has 22 heavy (non-hydrogen) atoms. The van der Waals surface area contributed by atoms with E-state index >= 15 is 0 Å². The van der Waals surface area contributed by atoms with Crippen molar-refractivity contribution in [3.63, 3.8) is 0 Å². The molecule has 0 aromatic rings. The summed E-state index contributed by atoms with van der Waals surface area (Å²) < 4.78 is 26.5. The van der Waals surface area contributed by atoms with Crippen molar-refractivity contribution in [1.29, 1.82) is 0 Å². The summed E-state index contributed by atoms with van der Waals surface area (Å²) in [5.74, 6) is -3.13. The molecule has 2 atom stereocenters. The second kappa shape index (κ2) is 6.10. The van der Waals surface area contributed by atoms with E-state index in [9.17, 15) is 18.4 Å². The molecule has 5 nitrogen and oxygen atoms in total. The number of hydrogen-bond acceptors (Lipinski definition) is 3. The molecule has 124 valence electrons. The lowest BCUT2D eigenvalue weighted by Gasteiger charge is -2.35. The van der Waals surface area contributed by atoms with Gasteiger partial charge in [0.1, 0.15) is 0 Å². The van der Waals surface area contributed by atoms with Gasteiger partial charge in [-0.2, -0.15) is 0 Å². The first kappa shape index (κ1) is 15.6. The molecule has 3 rings (SSSR count). The number of rotatable bonds is 2. The summed E-state index contributed by atoms with van der Waals surface area (Å²) in [7, 11) is 0. The van der Waals surface area contributed by atoms with Crippen LogP contribution in [-0.4, -0.2) is 66.3 Å². The molecule has 0 radical (unpaired) electrons. The Bertz CT molecular complexity index is 452. The Balaban J connectivity index is 1.58. The van der Waals surface area contributed by atoms with Crippen molar-refractivity contribution >= 4 is 11.8 Å². The standard InChI is InChI=1S/C15H23F2N3O2/c16-15(17)8-12(18-10-15)14(22)20-7-3-4-11(9-20)13(21)19-5-1-2-6-19/h11-12,18H,1-10H2. The van der Waals surface area contributed by atoms with E-state index in [1.165, 1.54) is 0 Å². The predicted octanol–water partition coefficient (Wildman–Crippen LogP) is 0.845. The third-order valence-electron chi connectivity index (χ3n) is 4.91. The third-order valence-corrected chi connectivity index (χ3v) is 4.91. The fraction of sp³-hybridized carbons (Fsp3) is 0.867. The van der Waals surface area contributed by atoms with Crippen LogP contribution in [0.2, 0.25) is 0 Å². The van der Waals surface area contributed by atoms with Crippen molar-refractivity contribution in [3.05, 3.63) is 0 Å². The Hall–Kier alpha value is -1.24. The van der Waals surface area contributed by atoms with Gasteiger partial charge in [-0.3, -0.25) is 14.9 Å². The fourth-order valence-electron chi connectivity index (χ4n) is 3.69. The Labute approximate surface area is 129 Å². The summed E-state index contributed by atoms with van der Waals surface area (Å²) in [4.78, 5) is 28.3. The maximum Gasteiger partial charge on any atom is 0.262 e. The van der Waals surface area contributed by atoms with Crippen molar-refractivity contribution in [3.8, 4) is 0 Å². The molecule has 7 heteroatoms. The number of amides is 2. The molecule has 3 aliphatic heterocycles. The number of nitrogens with one attached hydrogen (secondary N) is 1. The topological polar surface area (TPSA) is 52.7 Å². The molecule has 2 amide bonds. The minimum absolute atomic E-state index is 0.125. The monoisotopic (exact) mass is 315 g/mol. The number of carbonyl (C=O) groups excluding carboxylic acids is 2. The Morgan fingerprint density at radius 2 is 1.68 bits per heavy atom. The minimum Gasteiger partial charge on any atom is -0.342 e. The average molecular weight is 315 g/mol. The highest BCUT2D eigenvalue weighted by molar-refractivity contribution is 5.84. The summed E-state index contributed by atoms with van der Waals surface area (Å²) in [5, 5.41) is 2.61. The summed E-state index contributed by atoms with van der Waals surface area (Å²) >= 11 is 0. The van der Waals surface area contributed by atoms with Gasteiger partial charge in [-0.05, 0) is 25.7 Å². The molecular weight excluding hydrogens is 292 g/mol. The summed E-state index contributed by atoms with van der Waals surface area (Å²) in [6.45, 7) is 2.11. The smallest absolute Gasteiger partial charge is 0.262 e. The van der Waals surface area contributed by atoms with E-state index in [-0.39, 0.29) is 17.7 Å². The van der Waals surface area contributed by atoms with E-state index in [0.29, 0.717) is 13.1 Å². The SMILES string of the molecule is O=C(C1CCCN(C(=O)C2CC(F)(F)CN2)C1)N1CCCC1. The first-order valence-corrected chi connectivity index (χ1v) is 8.15. The van der Waals surface area contributed by atoms with Gasteiger partial charge in [0, 0.05) is 32.6 Å². The summed E-state index contributed by atoms with van der Waals surface area (Å²) in [5.41, 5.74) is 0. The van der Waals surface area contributed by atoms with Crippen LogP contribution in [0, 0.1) is 5.92 Å². The van der Waals surface area contributed by atoms with Crippen LogP contribution in [0.4, 0.5) is 8.78 Å². The highest BCUT2D eigenvalue weighted by Crippen LogP contribution is 2.28. The zero-order valence-corrected chi connectivity index (χ0v) is 12.7. The van der Waals surface area contributed by atoms with Gasteiger partial charge in [-0.1, -0.05) is 0 Å². The largest absolute Gasteiger partial charge is 0.342 e. The van der Waals surface area contributed by atoms with Crippen molar-refractivity contribution in [2.45, 2.75) is 44.1 Å². The van der Waals surface area contributed by atoms with E-state index < -0.39 is 24.9 Å². The number of halogens is 2. The van der Waals surface area contributed by atoms with Crippen molar-refractivity contribution < 1.29 is 18.4 Å². The maximum absolute atomic E-state index is 13.2. The van der Waals surface area contributed by atoms with Crippen LogP contribution in [0.3, 0.4) is 0 Å². The molecule has 3 saturated heterocycles. The molecule has 3 fully saturated rings. The molecule has 0 bridgehead atoms. The first-order valence-electron chi connectivity index (χ1n) is 8.15. The summed E-state index contributed by atoms with van der Waals surface area (Å²) in [6, 6.07) is -0.810. The van der Waals surface area contributed by atoms with Crippen LogP contribution < -0.4 is 5.32 Å². The zero-order valence-electron chi connectivity index (χ0n) is 12.7. The van der Waals surface area contributed by atoms with Crippen LogP contribution in [-0.2, 0) is 9.59 Å². The molecule has 0 aliphatic carbocycles. The van der Waals surface area contributed by atoms with E-state index in [2.05, 4.69) is 5.32 Å². The van der Waals surface area contributed by atoms with Gasteiger partial charge in [0.2, 0.25) is 11.8 Å². The Morgan fingerprint density at radius 1 is 1.00 bits per heavy atom. The van der Waals surface area contributed by atoms with E-state index in [1.54, 1.807) is 4.90 Å². The van der Waals surface area contributed by atoms with Crippen molar-refractivity contribution in [2.75, 3.05) is 32.7 Å². The van der Waals surface area contributed by atoms with Crippen LogP contribution in [0.1, 0.15) is 32.1 Å². The number of carbonyl (C=O) groups is 2. The highest BCUT2D eigenvalue weighted by atomic mass is 19.3. The van der Waals surface area contributed by atoms with E-state index in [1.807, 2.05) is 4.90 Å². The van der Waals surface area contributed by atoms with E-state index in [0.717, 1.165) is 38.8 Å². The molecule has 3 heterocycles. The number of alkyl halides is 2. The Kier molecular flexibility index (Phi) is 4.34. The average Bonchev–Trinajstić information content (AvgIpc) is 3.15. The predicted molar refractivity (Wildman–Crippen MR) is 76.5 cm³/mol. The maximum atomic E-state index is 13.2. The molecule has 1 N–H and O–H groups in total. The van der Waals surface area contributed by atoms with E-state index in [4.69, 9.17) is 0 Å². The first-order chi connectivity index (χ1) is 10.5. The van der Waals surface area contributed by atoms with Gasteiger partial charge in [0.05, 0.1) is 18.5 Å². The number of likely N-dealkylation sites (tertiary alicyclic amines) is 2. The van der Waals surface area contributed by atoms with Gasteiger partial charge in [-0.25, -0.2) is 8.78 Å². The molecule has 2 unspecified atom stereocenters. The molecule has 0 aromatic heterocycles. The fourth-order valence-corrected chi connectivity index (χ4v) is 3.69. The van der Waals surface area contributed by atoms with Crippen LogP contribution in [0.15, 0.2) is 0 Å². The zero-order chi connectivity index (χ0) is 15.7. The third kappa shape index (κ3) is 3.24. The lowest BCUT2D eigenvalue weighted by atomic mass is 9.95. The molecule has 0 saturated carbocycles. The lowest BCUT2D eigenvalue weighted by Crippen LogP contribution is -2.50. The van der Waals surface area contributed by atoms with Crippen LogP contribution in [0.25, 0.3) is 0 Å². The van der Waals surface area contributed by atoms with Gasteiger partial charge in [-0.15, -0.1) is 0 Å². The normalized spacial score (nSPS) is 31.5. The number of hydrogen-bond donors (Lipinski definition) is 1. The van der Waals surface area contributed by atoms with Gasteiger partial charge >= 0.3 is 0 Å². The molecule has 0 spiro atoms. The Morgan fingerprint density at radius 3 is 2.32 bits per heavy atom. The van der Waals surface area contributed by atoms with Gasteiger partial charge in [0.25, 0.3) is 5.92 Å².